The molecule has 36 heavy (non-hydrogen) atoms. The van der Waals surface area contributed by atoms with E-state index in [1.54, 1.807) is 0 Å². The molecule has 1 N–H and O–H groups in total. The molecule has 0 spiro atoms. The van der Waals surface area contributed by atoms with Crippen molar-refractivity contribution in [2.24, 2.45) is 28.6 Å². The second-order valence-corrected chi connectivity index (χ2v) is 11.6. The van der Waals surface area contributed by atoms with Crippen LogP contribution in [-0.4, -0.2) is 37.0 Å². The molecule has 2 fully saturated rings. The molecule has 0 radical (unpaired) electrons. The van der Waals surface area contributed by atoms with E-state index in [-0.39, 0.29) is 63.0 Å². The first-order valence-corrected chi connectivity index (χ1v) is 12.6. The molecule has 1 aromatic carbocycles. The average molecular weight is 499 g/mol. The van der Waals surface area contributed by atoms with E-state index in [1.807, 2.05) is 0 Å². The first-order valence-electron chi connectivity index (χ1n) is 12.6. The summed E-state index contributed by atoms with van der Waals surface area (Å²) in [6, 6.07) is 0. The molecule has 2 bridgehead atoms. The minimum atomic E-state index is -1.38. The van der Waals surface area contributed by atoms with Gasteiger partial charge in [-0.15, -0.1) is 0 Å². The highest BCUT2D eigenvalue weighted by atomic mass is 16.7. The van der Waals surface area contributed by atoms with Gasteiger partial charge in [0.25, 0.3) is 6.29 Å². The van der Waals surface area contributed by atoms with Crippen LogP contribution in [0.25, 0.3) is 0 Å². The van der Waals surface area contributed by atoms with Crippen LogP contribution in [0.4, 0.5) is 0 Å². The highest BCUT2D eigenvalue weighted by molar-refractivity contribution is 6.02. The highest BCUT2D eigenvalue weighted by Crippen LogP contribution is 2.64. The number of carbonyl (C=O) groups is 3. The Bertz CT molecular complexity index is 1170. The number of aldehydes is 1. The van der Waals surface area contributed by atoms with E-state index in [2.05, 4.69) is 27.4 Å². The summed E-state index contributed by atoms with van der Waals surface area (Å²) >= 11 is 0. The molecule has 2 saturated carbocycles. The number of allylic oxidation sites excluding steroid dienone is 1. The van der Waals surface area contributed by atoms with Gasteiger partial charge < -0.3 is 24.1 Å². The van der Waals surface area contributed by atoms with E-state index in [0.717, 1.165) is 25.7 Å². The molecule has 6 atom stereocenters. The van der Waals surface area contributed by atoms with Gasteiger partial charge in [0.05, 0.1) is 36.5 Å². The number of methoxy groups -OCH3 is 1. The first kappa shape index (κ1) is 24.8. The van der Waals surface area contributed by atoms with Crippen molar-refractivity contribution >= 4 is 18.2 Å². The molecule has 5 rings (SSSR count). The maximum atomic E-state index is 12.8. The monoisotopic (exact) mass is 498 g/mol. The Morgan fingerprint density at radius 2 is 1.86 bits per heavy atom. The van der Waals surface area contributed by atoms with Crippen molar-refractivity contribution in [2.45, 2.75) is 65.8 Å². The summed E-state index contributed by atoms with van der Waals surface area (Å²) in [6.45, 7) is 12.7. The number of carbonyl (C=O) groups excluding carboxylic acids is 3. The number of fused-ring (bicyclic) bond motifs is 4. The lowest BCUT2D eigenvalue weighted by atomic mass is 9.47. The van der Waals surface area contributed by atoms with E-state index in [0.29, 0.717) is 12.2 Å². The molecule has 194 valence electrons. The normalized spacial score (nSPS) is 34.1. The lowest BCUT2D eigenvalue weighted by Crippen LogP contribution is -2.51. The predicted octanol–water partition coefficient (Wildman–Crippen LogP) is 4.69. The van der Waals surface area contributed by atoms with Crippen LogP contribution in [0.1, 0.15) is 97.6 Å². The summed E-state index contributed by atoms with van der Waals surface area (Å²) in [5.41, 5.74) is 1.53. The van der Waals surface area contributed by atoms with Crippen molar-refractivity contribution in [3.63, 3.8) is 0 Å². The van der Waals surface area contributed by atoms with Gasteiger partial charge in [-0.1, -0.05) is 32.9 Å². The summed E-state index contributed by atoms with van der Waals surface area (Å²) in [5, 5.41) is 11.8. The van der Waals surface area contributed by atoms with Crippen LogP contribution in [0.5, 0.6) is 11.5 Å². The summed E-state index contributed by atoms with van der Waals surface area (Å²) in [5.74, 6) is -0.854. The number of hydrogen-bond donors (Lipinski definition) is 1. The average Bonchev–Trinajstić information content (AvgIpc) is 3.11. The van der Waals surface area contributed by atoms with Gasteiger partial charge in [-0.25, -0.2) is 4.79 Å². The molecule has 2 heterocycles. The van der Waals surface area contributed by atoms with Crippen LogP contribution >= 0.6 is 0 Å². The second kappa shape index (κ2) is 8.33. The largest absolute Gasteiger partial charge is 0.495 e. The van der Waals surface area contributed by atoms with Gasteiger partial charge in [0, 0.05) is 12.8 Å². The maximum Gasteiger partial charge on any atom is 0.345 e. The van der Waals surface area contributed by atoms with Gasteiger partial charge in [-0.2, -0.15) is 0 Å². The zero-order chi connectivity index (χ0) is 26.2. The van der Waals surface area contributed by atoms with E-state index in [9.17, 15) is 19.5 Å². The third-order valence-corrected chi connectivity index (χ3v) is 9.38. The fraction of sp³-hybridized carbons (Fsp3) is 0.607. The Hall–Kier alpha value is -2.87. The van der Waals surface area contributed by atoms with Gasteiger partial charge in [0.2, 0.25) is 0 Å². The van der Waals surface area contributed by atoms with E-state index in [1.165, 1.54) is 19.6 Å². The summed E-state index contributed by atoms with van der Waals surface area (Å²) in [4.78, 5) is 36.7. The van der Waals surface area contributed by atoms with E-state index in [4.69, 9.17) is 18.9 Å². The van der Waals surface area contributed by atoms with Crippen LogP contribution in [0, 0.1) is 28.6 Å². The fourth-order valence-electron chi connectivity index (χ4n) is 7.45. The first-order chi connectivity index (χ1) is 17.0. The molecule has 2 aliphatic heterocycles. The highest BCUT2D eigenvalue weighted by Gasteiger charge is 2.56. The fourth-order valence-corrected chi connectivity index (χ4v) is 7.45. The topological polar surface area (TPSA) is 108 Å². The number of hydrogen-bond acceptors (Lipinski definition) is 8. The Balaban J connectivity index is 1.60. The van der Waals surface area contributed by atoms with Crippen LogP contribution in [0.15, 0.2) is 12.2 Å². The molecule has 8 nitrogen and oxygen atoms in total. The number of aliphatic hydroxyl groups is 1. The van der Waals surface area contributed by atoms with Crippen molar-refractivity contribution in [1.82, 2.24) is 0 Å². The van der Waals surface area contributed by atoms with Crippen molar-refractivity contribution in [1.29, 1.82) is 0 Å². The van der Waals surface area contributed by atoms with Crippen molar-refractivity contribution in [3.8, 4) is 11.5 Å². The number of aliphatic hydroxyl groups excluding tert-OH is 1. The van der Waals surface area contributed by atoms with Gasteiger partial charge in [-0.3, -0.25) is 9.59 Å². The molecular weight excluding hydrogens is 464 g/mol. The number of cyclic esters (lactones) is 1. The van der Waals surface area contributed by atoms with Crippen molar-refractivity contribution < 1.29 is 38.4 Å². The van der Waals surface area contributed by atoms with E-state index >= 15 is 0 Å². The third-order valence-electron chi connectivity index (χ3n) is 9.38. The molecule has 1 aromatic rings. The standard InChI is InChI=1S/C28H34O8/c1-13-16-8-10-28(5,17(13)7-9-27(16,3)4)18-12-34-23-15(11-29)19-20(24(33-6)21(23)22(18)31)25(32)36-26(19)35-14(2)30/h11,16-18,22,26,31H,1,7-10,12H2,2-6H3. The van der Waals surface area contributed by atoms with Gasteiger partial charge in [0.15, 0.2) is 6.29 Å². The molecule has 2 aliphatic carbocycles. The lowest BCUT2D eigenvalue weighted by Gasteiger charge is -2.58. The summed E-state index contributed by atoms with van der Waals surface area (Å²) in [7, 11) is 1.39. The van der Waals surface area contributed by atoms with Crippen molar-refractivity contribution in [2.75, 3.05) is 13.7 Å². The van der Waals surface area contributed by atoms with Crippen LogP contribution < -0.4 is 9.47 Å². The summed E-state index contributed by atoms with van der Waals surface area (Å²) in [6.07, 6.45) is 2.10. The Morgan fingerprint density at radius 3 is 2.50 bits per heavy atom. The minimum Gasteiger partial charge on any atom is -0.495 e. The Kier molecular flexibility index (Phi) is 5.74. The third kappa shape index (κ3) is 3.33. The van der Waals surface area contributed by atoms with Crippen LogP contribution in [-0.2, 0) is 14.3 Å². The Morgan fingerprint density at radius 1 is 1.17 bits per heavy atom. The van der Waals surface area contributed by atoms with Gasteiger partial charge >= 0.3 is 11.9 Å². The minimum absolute atomic E-state index is 0.0214. The second-order valence-electron chi connectivity index (χ2n) is 11.6. The molecule has 8 heteroatoms. The quantitative estimate of drug-likeness (QED) is 0.362. The molecule has 6 unspecified atom stereocenters. The van der Waals surface area contributed by atoms with Crippen molar-refractivity contribution in [3.05, 3.63) is 34.4 Å². The van der Waals surface area contributed by atoms with Gasteiger partial charge in [0.1, 0.15) is 17.1 Å². The molecule has 4 aliphatic rings. The van der Waals surface area contributed by atoms with Gasteiger partial charge in [-0.05, 0) is 48.3 Å². The molecule has 0 aromatic heterocycles. The smallest absolute Gasteiger partial charge is 0.345 e. The lowest BCUT2D eigenvalue weighted by molar-refractivity contribution is -0.165. The summed E-state index contributed by atoms with van der Waals surface area (Å²) < 4.78 is 22.3. The maximum absolute atomic E-state index is 12.8. The zero-order valence-corrected chi connectivity index (χ0v) is 21.5. The SMILES string of the molecule is C=C1C2CCC(C)(C3COc4c(C=O)c5c(c(OC)c4C3O)C(=O)OC5OC(C)=O)C1CCC2(C)C. The predicted molar refractivity (Wildman–Crippen MR) is 129 cm³/mol. The number of rotatable bonds is 4. The number of ether oxygens (including phenoxy) is 4. The van der Waals surface area contributed by atoms with E-state index < -0.39 is 24.3 Å². The van der Waals surface area contributed by atoms with Crippen LogP contribution in [0.3, 0.4) is 0 Å². The Labute approximate surface area is 210 Å². The van der Waals surface area contributed by atoms with Crippen LogP contribution in [0.2, 0.25) is 0 Å². The zero-order valence-electron chi connectivity index (χ0n) is 21.5. The number of esters is 2. The molecule has 0 saturated heterocycles. The molecule has 0 amide bonds. The number of benzene rings is 1. The molecular formula is C28H34O8.